The van der Waals surface area contributed by atoms with Crippen molar-refractivity contribution in [3.05, 3.63) is 100 Å². The molecule has 0 saturated heterocycles. The standard InChI is InChI=1S/C22H20ClFN2O3S/c1-26(30(28,29)20-12-10-19(23)11-13-20)15-16-6-8-17(9-7-16)22(27)25-14-18-4-2-3-5-21(18)24/h2-13H,14-15H2,1H3,(H,25,27). The Morgan fingerprint density at radius 2 is 1.63 bits per heavy atom. The fourth-order valence-electron chi connectivity index (χ4n) is 2.81. The monoisotopic (exact) mass is 446 g/mol. The van der Waals surface area contributed by atoms with Gasteiger partial charge in [0, 0.05) is 36.3 Å². The third-order valence-corrected chi connectivity index (χ3v) is 6.61. The number of sulfonamides is 1. The molecule has 0 aliphatic rings. The number of carbonyl (C=O) groups excluding carboxylic acids is 1. The van der Waals surface area contributed by atoms with Gasteiger partial charge in [-0.1, -0.05) is 41.9 Å². The van der Waals surface area contributed by atoms with Crippen molar-refractivity contribution in [2.75, 3.05) is 7.05 Å². The maximum Gasteiger partial charge on any atom is 0.251 e. The van der Waals surface area contributed by atoms with Crippen LogP contribution in [0.25, 0.3) is 0 Å². The highest BCUT2D eigenvalue weighted by Crippen LogP contribution is 2.19. The highest BCUT2D eigenvalue weighted by molar-refractivity contribution is 7.89. The molecule has 0 heterocycles. The van der Waals surface area contributed by atoms with Crippen LogP contribution < -0.4 is 5.32 Å². The summed E-state index contributed by atoms with van der Waals surface area (Å²) < 4.78 is 40.2. The van der Waals surface area contributed by atoms with E-state index in [1.54, 1.807) is 42.5 Å². The molecule has 0 aromatic heterocycles. The number of hydrogen-bond acceptors (Lipinski definition) is 3. The maximum atomic E-state index is 13.6. The first-order valence-electron chi connectivity index (χ1n) is 9.10. The second-order valence-corrected chi connectivity index (χ2v) is 9.17. The second-order valence-electron chi connectivity index (χ2n) is 6.69. The third kappa shape index (κ3) is 5.24. The van der Waals surface area contributed by atoms with Gasteiger partial charge in [0.25, 0.3) is 5.91 Å². The number of rotatable bonds is 7. The molecule has 0 radical (unpaired) electrons. The molecule has 0 saturated carbocycles. The van der Waals surface area contributed by atoms with Gasteiger partial charge < -0.3 is 5.32 Å². The lowest BCUT2D eigenvalue weighted by Gasteiger charge is -2.17. The lowest BCUT2D eigenvalue weighted by atomic mass is 10.1. The predicted octanol–water partition coefficient (Wildman–Crippen LogP) is 4.23. The van der Waals surface area contributed by atoms with Gasteiger partial charge in [0.1, 0.15) is 5.82 Å². The van der Waals surface area contributed by atoms with Gasteiger partial charge in [-0.3, -0.25) is 4.79 Å². The number of hydrogen-bond donors (Lipinski definition) is 1. The van der Waals surface area contributed by atoms with Crippen LogP contribution >= 0.6 is 11.6 Å². The quantitative estimate of drug-likeness (QED) is 0.590. The van der Waals surface area contributed by atoms with E-state index in [2.05, 4.69) is 5.32 Å². The first kappa shape index (κ1) is 22.0. The molecule has 3 rings (SSSR count). The Labute approximate surface area is 180 Å². The molecule has 1 amide bonds. The minimum atomic E-state index is -3.66. The van der Waals surface area contributed by atoms with E-state index in [0.717, 1.165) is 5.56 Å². The Hall–Kier alpha value is -2.74. The van der Waals surface area contributed by atoms with Crippen molar-refractivity contribution in [2.45, 2.75) is 18.0 Å². The Morgan fingerprint density at radius 3 is 2.27 bits per heavy atom. The summed E-state index contributed by atoms with van der Waals surface area (Å²) in [6.07, 6.45) is 0. The van der Waals surface area contributed by atoms with Crippen LogP contribution in [-0.4, -0.2) is 25.7 Å². The number of amides is 1. The van der Waals surface area contributed by atoms with Gasteiger partial charge in [0.15, 0.2) is 0 Å². The summed E-state index contributed by atoms with van der Waals surface area (Å²) in [5.41, 5.74) is 1.52. The van der Waals surface area contributed by atoms with Crippen LogP contribution in [0.4, 0.5) is 4.39 Å². The maximum absolute atomic E-state index is 13.6. The largest absolute Gasteiger partial charge is 0.348 e. The van der Waals surface area contributed by atoms with Crippen molar-refractivity contribution < 1.29 is 17.6 Å². The summed E-state index contributed by atoms with van der Waals surface area (Å²) >= 11 is 5.82. The molecule has 3 aromatic rings. The highest BCUT2D eigenvalue weighted by Gasteiger charge is 2.21. The number of nitrogens with zero attached hydrogens (tertiary/aromatic N) is 1. The van der Waals surface area contributed by atoms with Crippen molar-refractivity contribution in [3.8, 4) is 0 Å². The Morgan fingerprint density at radius 1 is 1.00 bits per heavy atom. The van der Waals surface area contributed by atoms with E-state index in [0.29, 0.717) is 16.1 Å². The van der Waals surface area contributed by atoms with Gasteiger partial charge in [-0.15, -0.1) is 0 Å². The third-order valence-electron chi connectivity index (χ3n) is 4.54. The van der Waals surface area contributed by atoms with Crippen LogP contribution in [0.3, 0.4) is 0 Å². The Balaban J connectivity index is 1.63. The summed E-state index contributed by atoms with van der Waals surface area (Å²) in [4.78, 5) is 12.4. The summed E-state index contributed by atoms with van der Waals surface area (Å²) in [5, 5.41) is 3.13. The molecule has 0 fully saturated rings. The van der Waals surface area contributed by atoms with Gasteiger partial charge in [-0.05, 0) is 48.0 Å². The van der Waals surface area contributed by atoms with E-state index < -0.39 is 10.0 Å². The van der Waals surface area contributed by atoms with Crippen molar-refractivity contribution in [1.29, 1.82) is 0 Å². The van der Waals surface area contributed by atoms with Crippen LogP contribution in [0, 0.1) is 5.82 Å². The first-order chi connectivity index (χ1) is 14.3. The van der Waals surface area contributed by atoms with Gasteiger partial charge >= 0.3 is 0 Å². The van der Waals surface area contributed by atoms with Gasteiger partial charge in [0.05, 0.1) is 4.90 Å². The van der Waals surface area contributed by atoms with Crippen molar-refractivity contribution in [3.63, 3.8) is 0 Å². The van der Waals surface area contributed by atoms with Gasteiger partial charge in [-0.2, -0.15) is 4.31 Å². The molecule has 0 atom stereocenters. The molecular formula is C22H20ClFN2O3S. The zero-order chi connectivity index (χ0) is 21.7. The molecule has 0 aliphatic carbocycles. The molecule has 8 heteroatoms. The summed E-state index contributed by atoms with van der Waals surface area (Å²) in [6.45, 7) is 0.220. The molecule has 0 aliphatic heterocycles. The first-order valence-corrected chi connectivity index (χ1v) is 10.9. The molecule has 1 N–H and O–H groups in total. The topological polar surface area (TPSA) is 66.5 Å². The smallest absolute Gasteiger partial charge is 0.251 e. The number of halogens is 2. The van der Waals surface area contributed by atoms with Crippen molar-refractivity contribution in [2.24, 2.45) is 0 Å². The Kier molecular flexibility index (Phi) is 6.87. The lowest BCUT2D eigenvalue weighted by molar-refractivity contribution is 0.0950. The van der Waals surface area contributed by atoms with Crippen LogP contribution in [0.15, 0.2) is 77.7 Å². The molecule has 3 aromatic carbocycles. The van der Waals surface area contributed by atoms with Crippen molar-refractivity contribution in [1.82, 2.24) is 9.62 Å². The minimum Gasteiger partial charge on any atom is -0.348 e. The summed E-state index contributed by atoms with van der Waals surface area (Å²) in [5.74, 6) is -0.718. The number of nitrogens with one attached hydrogen (secondary N) is 1. The SMILES string of the molecule is CN(Cc1ccc(C(=O)NCc2ccccc2F)cc1)S(=O)(=O)c1ccc(Cl)cc1. The summed E-state index contributed by atoms with van der Waals surface area (Å²) in [6, 6.07) is 18.8. The van der Waals surface area contributed by atoms with E-state index in [9.17, 15) is 17.6 Å². The number of carbonyl (C=O) groups is 1. The second kappa shape index (κ2) is 9.38. The predicted molar refractivity (Wildman–Crippen MR) is 114 cm³/mol. The fourth-order valence-corrected chi connectivity index (χ4v) is 4.09. The average molecular weight is 447 g/mol. The van der Waals surface area contributed by atoms with Crippen LogP contribution in [0.1, 0.15) is 21.5 Å². The molecule has 0 bridgehead atoms. The molecular weight excluding hydrogens is 427 g/mol. The van der Waals surface area contributed by atoms with Crippen molar-refractivity contribution >= 4 is 27.5 Å². The molecule has 0 unspecified atom stereocenters. The van der Waals surface area contributed by atoms with E-state index in [1.165, 1.54) is 41.7 Å². The van der Waals surface area contributed by atoms with E-state index >= 15 is 0 Å². The lowest BCUT2D eigenvalue weighted by Crippen LogP contribution is -2.26. The van der Waals surface area contributed by atoms with Crippen LogP contribution in [0.5, 0.6) is 0 Å². The van der Waals surface area contributed by atoms with Crippen LogP contribution in [-0.2, 0) is 23.1 Å². The minimum absolute atomic E-state index is 0.0787. The highest BCUT2D eigenvalue weighted by atomic mass is 35.5. The normalized spacial score (nSPS) is 11.5. The zero-order valence-corrected chi connectivity index (χ0v) is 17.8. The Bertz CT molecular complexity index is 1130. The molecule has 5 nitrogen and oxygen atoms in total. The van der Waals surface area contributed by atoms with Gasteiger partial charge in [0.2, 0.25) is 10.0 Å². The van der Waals surface area contributed by atoms with E-state index in [4.69, 9.17) is 11.6 Å². The zero-order valence-electron chi connectivity index (χ0n) is 16.2. The molecule has 156 valence electrons. The average Bonchev–Trinajstić information content (AvgIpc) is 2.73. The van der Waals surface area contributed by atoms with Crippen LogP contribution in [0.2, 0.25) is 5.02 Å². The molecule has 30 heavy (non-hydrogen) atoms. The summed E-state index contributed by atoms with van der Waals surface area (Å²) in [7, 11) is -2.18. The molecule has 0 spiro atoms. The van der Waals surface area contributed by atoms with E-state index in [1.807, 2.05) is 0 Å². The van der Waals surface area contributed by atoms with E-state index in [-0.39, 0.29) is 29.7 Å². The van der Waals surface area contributed by atoms with Gasteiger partial charge in [-0.25, -0.2) is 12.8 Å². The fraction of sp³-hybridized carbons (Fsp3) is 0.136. The number of benzene rings is 3.